The highest BCUT2D eigenvalue weighted by Crippen LogP contribution is 2.38. The molecule has 4 heterocycles. The molecule has 2 amide bonds. The van der Waals surface area contributed by atoms with Crippen molar-refractivity contribution in [1.82, 2.24) is 20.5 Å². The number of hydrogen-bond acceptors (Lipinski definition) is 6. The molecule has 214 valence electrons. The van der Waals surface area contributed by atoms with Gasteiger partial charge in [-0.3, -0.25) is 14.5 Å². The highest BCUT2D eigenvalue weighted by molar-refractivity contribution is 5.96. The number of hydrogen-bond donors (Lipinski definition) is 2. The number of likely N-dealkylation sites (tertiary alicyclic amines) is 1. The van der Waals surface area contributed by atoms with Crippen molar-refractivity contribution < 1.29 is 14.3 Å². The zero-order chi connectivity index (χ0) is 28.3. The minimum atomic E-state index is -0.0622. The molecule has 2 N–H and O–H groups in total. The summed E-state index contributed by atoms with van der Waals surface area (Å²) >= 11 is 0. The third kappa shape index (κ3) is 5.93. The number of carbonyl (C=O) groups excluding carboxylic acids is 2. The Kier molecular flexibility index (Phi) is 7.92. The van der Waals surface area contributed by atoms with E-state index in [1.807, 2.05) is 43.3 Å². The molecule has 2 aromatic carbocycles. The van der Waals surface area contributed by atoms with Gasteiger partial charge in [0.05, 0.1) is 12.7 Å². The second-order valence-electron chi connectivity index (χ2n) is 11.7. The lowest BCUT2D eigenvalue weighted by Crippen LogP contribution is -2.50. The van der Waals surface area contributed by atoms with Crippen LogP contribution in [0.25, 0.3) is 0 Å². The lowest BCUT2D eigenvalue weighted by molar-refractivity contribution is 0.0921. The first kappa shape index (κ1) is 27.3. The Labute approximate surface area is 242 Å². The lowest BCUT2D eigenvalue weighted by Gasteiger charge is -2.40. The summed E-state index contributed by atoms with van der Waals surface area (Å²) in [5.41, 5.74) is 3.42. The first-order valence-electron chi connectivity index (χ1n) is 14.7. The van der Waals surface area contributed by atoms with Crippen molar-refractivity contribution in [3.05, 3.63) is 89.1 Å². The van der Waals surface area contributed by atoms with Crippen LogP contribution in [-0.4, -0.2) is 66.1 Å². The summed E-state index contributed by atoms with van der Waals surface area (Å²) in [6.07, 6.45) is 6.60. The van der Waals surface area contributed by atoms with Crippen LogP contribution in [-0.2, 0) is 6.54 Å². The third-order valence-corrected chi connectivity index (χ3v) is 8.95. The van der Waals surface area contributed by atoms with Crippen LogP contribution in [0.5, 0.6) is 5.75 Å². The quantitative estimate of drug-likeness (QED) is 0.432. The number of anilines is 1. The zero-order valence-corrected chi connectivity index (χ0v) is 23.9. The van der Waals surface area contributed by atoms with Gasteiger partial charge in [0.2, 0.25) is 0 Å². The number of piperidine rings is 1. The van der Waals surface area contributed by atoms with Gasteiger partial charge in [0, 0.05) is 61.1 Å². The molecular formula is C33H39N5O3. The van der Waals surface area contributed by atoms with Crippen LogP contribution >= 0.6 is 0 Å². The number of rotatable bonds is 8. The summed E-state index contributed by atoms with van der Waals surface area (Å²) < 4.78 is 5.39. The SMILES string of the molecule is COc1cccc(C(=O)NC2C[C@H]3CC[C@@H](C2)N3c2ccc(C(=O)N[C@@H]3CCN(Cc4ccccc4)C3)cn2)c1C. The Morgan fingerprint density at radius 1 is 0.902 bits per heavy atom. The Morgan fingerprint density at radius 3 is 2.37 bits per heavy atom. The maximum atomic E-state index is 13.1. The molecular weight excluding hydrogens is 514 g/mol. The van der Waals surface area contributed by atoms with E-state index in [1.54, 1.807) is 13.3 Å². The number of aromatic nitrogens is 1. The molecule has 3 fully saturated rings. The molecule has 8 heteroatoms. The molecule has 3 saturated heterocycles. The van der Waals surface area contributed by atoms with E-state index in [-0.39, 0.29) is 23.9 Å². The highest BCUT2D eigenvalue weighted by Gasteiger charge is 2.42. The molecule has 0 aliphatic carbocycles. The van der Waals surface area contributed by atoms with E-state index >= 15 is 0 Å². The van der Waals surface area contributed by atoms with Crippen molar-refractivity contribution in [2.75, 3.05) is 25.1 Å². The number of pyridine rings is 1. The Morgan fingerprint density at radius 2 is 1.66 bits per heavy atom. The second kappa shape index (κ2) is 11.9. The summed E-state index contributed by atoms with van der Waals surface area (Å²) in [6.45, 7) is 4.67. The summed E-state index contributed by atoms with van der Waals surface area (Å²) in [5.74, 6) is 1.53. The Bertz CT molecular complexity index is 1370. The van der Waals surface area contributed by atoms with Crippen molar-refractivity contribution in [1.29, 1.82) is 0 Å². The van der Waals surface area contributed by atoms with E-state index in [0.717, 1.165) is 68.9 Å². The fraction of sp³-hybridized carbons (Fsp3) is 0.424. The van der Waals surface area contributed by atoms with Crippen LogP contribution < -0.4 is 20.3 Å². The molecule has 0 spiro atoms. The predicted octanol–water partition coefficient (Wildman–Crippen LogP) is 4.33. The van der Waals surface area contributed by atoms with Gasteiger partial charge in [0.25, 0.3) is 11.8 Å². The smallest absolute Gasteiger partial charge is 0.253 e. The minimum Gasteiger partial charge on any atom is -0.496 e. The number of fused-ring (bicyclic) bond motifs is 2. The van der Waals surface area contributed by atoms with Gasteiger partial charge in [-0.1, -0.05) is 36.4 Å². The summed E-state index contributed by atoms with van der Waals surface area (Å²) in [4.78, 5) is 35.6. The molecule has 1 unspecified atom stereocenters. The molecule has 1 aromatic heterocycles. The highest BCUT2D eigenvalue weighted by atomic mass is 16.5. The van der Waals surface area contributed by atoms with Crippen LogP contribution in [0.15, 0.2) is 66.9 Å². The minimum absolute atomic E-state index is 0.0433. The van der Waals surface area contributed by atoms with Gasteiger partial charge in [0.15, 0.2) is 0 Å². The molecule has 0 radical (unpaired) electrons. The molecule has 3 aliphatic heterocycles. The number of nitrogens with zero attached hydrogens (tertiary/aromatic N) is 3. The Balaban J connectivity index is 1.03. The van der Waals surface area contributed by atoms with Gasteiger partial charge in [-0.05, 0) is 68.9 Å². The average molecular weight is 554 g/mol. The number of ether oxygens (including phenoxy) is 1. The topological polar surface area (TPSA) is 86.8 Å². The predicted molar refractivity (Wildman–Crippen MR) is 159 cm³/mol. The summed E-state index contributed by atoms with van der Waals surface area (Å²) in [5, 5.41) is 6.48. The Hall–Kier alpha value is -3.91. The number of amides is 2. The van der Waals surface area contributed by atoms with E-state index in [1.165, 1.54) is 5.56 Å². The second-order valence-corrected chi connectivity index (χ2v) is 11.7. The van der Waals surface area contributed by atoms with E-state index in [0.29, 0.717) is 23.2 Å². The van der Waals surface area contributed by atoms with Crippen molar-refractivity contribution in [3.8, 4) is 5.75 Å². The molecule has 6 rings (SSSR count). The molecule has 0 saturated carbocycles. The fourth-order valence-corrected chi connectivity index (χ4v) is 6.89. The largest absolute Gasteiger partial charge is 0.496 e. The molecule has 41 heavy (non-hydrogen) atoms. The van der Waals surface area contributed by atoms with E-state index < -0.39 is 0 Å². The normalized spacial score (nSPS) is 23.8. The van der Waals surface area contributed by atoms with Crippen LogP contribution in [0.3, 0.4) is 0 Å². The maximum absolute atomic E-state index is 13.1. The van der Waals surface area contributed by atoms with Gasteiger partial charge in [-0.25, -0.2) is 4.98 Å². The van der Waals surface area contributed by atoms with Gasteiger partial charge in [0.1, 0.15) is 11.6 Å². The van der Waals surface area contributed by atoms with E-state index in [2.05, 4.69) is 44.7 Å². The first-order chi connectivity index (χ1) is 20.0. The molecule has 3 aliphatic rings. The fourth-order valence-electron chi connectivity index (χ4n) is 6.89. The molecule has 3 aromatic rings. The summed E-state index contributed by atoms with van der Waals surface area (Å²) in [7, 11) is 1.63. The van der Waals surface area contributed by atoms with Crippen molar-refractivity contribution in [3.63, 3.8) is 0 Å². The average Bonchev–Trinajstić information content (AvgIpc) is 3.53. The van der Waals surface area contributed by atoms with E-state index in [4.69, 9.17) is 9.72 Å². The standard InChI is InChI=1S/C33H39N5O3/c1-22-29(9-6-10-30(22)41-2)33(40)36-26-17-27-12-13-28(18-26)38(27)31-14-11-24(19-34-31)32(39)35-25-15-16-37(21-25)20-23-7-4-3-5-8-23/h3-11,14,19,25-28H,12-13,15-18,20-21H2,1-2H3,(H,35,39)(H,36,40)/t25-,26?,27-,28+/m1/s1. The van der Waals surface area contributed by atoms with Gasteiger partial charge >= 0.3 is 0 Å². The van der Waals surface area contributed by atoms with Crippen molar-refractivity contribution in [2.24, 2.45) is 0 Å². The monoisotopic (exact) mass is 553 g/mol. The van der Waals surface area contributed by atoms with Crippen LogP contribution in [0, 0.1) is 6.92 Å². The summed E-state index contributed by atoms with van der Waals surface area (Å²) in [6, 6.07) is 20.9. The van der Waals surface area contributed by atoms with Crippen LogP contribution in [0.1, 0.15) is 63.9 Å². The first-order valence-corrected chi connectivity index (χ1v) is 14.7. The third-order valence-electron chi connectivity index (χ3n) is 8.95. The van der Waals surface area contributed by atoms with Crippen molar-refractivity contribution >= 4 is 17.6 Å². The zero-order valence-electron chi connectivity index (χ0n) is 23.9. The molecule has 4 atom stereocenters. The number of methoxy groups -OCH3 is 1. The maximum Gasteiger partial charge on any atom is 0.253 e. The van der Waals surface area contributed by atoms with Gasteiger partial charge < -0.3 is 20.3 Å². The lowest BCUT2D eigenvalue weighted by atomic mass is 9.96. The number of carbonyl (C=O) groups is 2. The molecule has 2 bridgehead atoms. The molecule has 8 nitrogen and oxygen atoms in total. The van der Waals surface area contributed by atoms with Crippen LogP contribution in [0.2, 0.25) is 0 Å². The van der Waals surface area contributed by atoms with Crippen molar-refractivity contribution in [2.45, 2.75) is 69.7 Å². The number of nitrogens with one attached hydrogen (secondary N) is 2. The van der Waals surface area contributed by atoms with Crippen LogP contribution in [0.4, 0.5) is 5.82 Å². The van der Waals surface area contributed by atoms with Gasteiger partial charge in [-0.2, -0.15) is 0 Å². The number of benzene rings is 2. The van der Waals surface area contributed by atoms with Gasteiger partial charge in [-0.15, -0.1) is 0 Å². The van der Waals surface area contributed by atoms with E-state index in [9.17, 15) is 9.59 Å².